The number of methoxy groups -OCH3 is 1. The van der Waals surface area contributed by atoms with Crippen LogP contribution in [0.25, 0.3) is 11.0 Å². The van der Waals surface area contributed by atoms with E-state index in [1.54, 1.807) is 19.1 Å². The number of nitrogens with zero attached hydrogens (tertiary/aromatic N) is 2. The lowest BCUT2D eigenvalue weighted by Crippen LogP contribution is -1.93. The first-order valence-corrected chi connectivity index (χ1v) is 5.18. The van der Waals surface area contributed by atoms with E-state index in [-0.39, 0.29) is 5.82 Å². The van der Waals surface area contributed by atoms with Crippen molar-refractivity contribution in [1.82, 2.24) is 9.97 Å². The maximum atomic E-state index is 13.1. The molecule has 0 amide bonds. The largest absolute Gasteiger partial charge is 0.481 e. The van der Waals surface area contributed by atoms with Gasteiger partial charge in [0, 0.05) is 11.6 Å². The van der Waals surface area contributed by atoms with Crippen molar-refractivity contribution in [3.8, 4) is 5.88 Å². The molecule has 2 rings (SSSR count). The van der Waals surface area contributed by atoms with Gasteiger partial charge in [-0.2, -0.15) is 0 Å². The zero-order chi connectivity index (χ0) is 12.1. The lowest BCUT2D eigenvalue weighted by molar-refractivity contribution is 0.399. The van der Waals surface area contributed by atoms with E-state index < -0.39 is 0 Å². The number of pyridine rings is 2. The number of aryl methyl sites for hydroxylation is 1. The Morgan fingerprint density at radius 1 is 1.25 bits per heavy atom. The minimum absolute atomic E-state index is 0.349. The molecular weight excluding hydrogens is 207 g/mol. The van der Waals surface area contributed by atoms with Crippen molar-refractivity contribution >= 4 is 11.0 Å². The molecule has 0 aliphatic heterocycles. The molecule has 3 nitrogen and oxygen atoms in total. The van der Waals surface area contributed by atoms with Crippen molar-refractivity contribution in [2.45, 2.75) is 20.8 Å². The van der Waals surface area contributed by atoms with Crippen LogP contribution in [0.3, 0.4) is 0 Å². The maximum Gasteiger partial charge on any atom is 0.213 e. The molecule has 2 aromatic rings. The topological polar surface area (TPSA) is 35.0 Å². The first-order chi connectivity index (χ1) is 7.72. The molecule has 0 saturated heterocycles. The highest BCUT2D eigenvalue weighted by molar-refractivity contribution is 5.77. The first kappa shape index (κ1) is 12.4. The van der Waals surface area contributed by atoms with Gasteiger partial charge in [-0.25, -0.2) is 9.37 Å². The number of fused-ring (bicyclic) bond motifs is 1. The summed E-state index contributed by atoms with van der Waals surface area (Å²) in [7, 11) is 1.52. The Morgan fingerprint density at radius 3 is 2.56 bits per heavy atom. The molecule has 0 saturated carbocycles. The van der Waals surface area contributed by atoms with Crippen molar-refractivity contribution < 1.29 is 9.13 Å². The van der Waals surface area contributed by atoms with Gasteiger partial charge in [0.25, 0.3) is 0 Å². The fourth-order valence-electron chi connectivity index (χ4n) is 1.26. The molecule has 0 fully saturated rings. The predicted molar refractivity (Wildman–Crippen MR) is 62.1 cm³/mol. The van der Waals surface area contributed by atoms with Crippen molar-refractivity contribution in [1.29, 1.82) is 0 Å². The number of rotatable bonds is 1. The smallest absolute Gasteiger partial charge is 0.213 e. The summed E-state index contributed by atoms with van der Waals surface area (Å²) in [6.07, 6.45) is 1.20. The van der Waals surface area contributed by atoms with Gasteiger partial charge >= 0.3 is 0 Å². The molecule has 0 bridgehead atoms. The minimum atomic E-state index is -0.349. The van der Waals surface area contributed by atoms with Gasteiger partial charge in [-0.1, -0.05) is 13.8 Å². The van der Waals surface area contributed by atoms with E-state index >= 15 is 0 Å². The van der Waals surface area contributed by atoms with Crippen LogP contribution in [0.4, 0.5) is 4.39 Å². The third kappa shape index (κ3) is 2.27. The van der Waals surface area contributed by atoms with Crippen LogP contribution in [0.15, 0.2) is 18.3 Å². The van der Waals surface area contributed by atoms with Gasteiger partial charge in [-0.05, 0) is 13.0 Å². The maximum absolute atomic E-state index is 13.1. The highest BCUT2D eigenvalue weighted by atomic mass is 19.1. The van der Waals surface area contributed by atoms with Crippen molar-refractivity contribution in [3.05, 3.63) is 29.7 Å². The lowest BCUT2D eigenvalue weighted by atomic mass is 10.2. The van der Waals surface area contributed by atoms with Crippen LogP contribution >= 0.6 is 0 Å². The molecule has 16 heavy (non-hydrogen) atoms. The summed E-state index contributed by atoms with van der Waals surface area (Å²) in [6, 6.07) is 3.46. The summed E-state index contributed by atoms with van der Waals surface area (Å²) in [4.78, 5) is 8.05. The van der Waals surface area contributed by atoms with E-state index in [1.165, 1.54) is 13.3 Å². The summed E-state index contributed by atoms with van der Waals surface area (Å²) in [6.45, 7) is 5.67. The second-order valence-electron chi connectivity index (χ2n) is 2.95. The Bertz CT molecular complexity index is 486. The molecule has 0 aliphatic rings. The average Bonchev–Trinajstić information content (AvgIpc) is 2.36. The van der Waals surface area contributed by atoms with E-state index in [0.717, 1.165) is 0 Å². The summed E-state index contributed by atoms with van der Waals surface area (Å²) in [5.41, 5.74) is 1.71. The second-order valence-corrected chi connectivity index (χ2v) is 2.95. The summed E-state index contributed by atoms with van der Waals surface area (Å²) >= 11 is 0. The van der Waals surface area contributed by atoms with E-state index in [0.29, 0.717) is 22.5 Å². The van der Waals surface area contributed by atoms with Crippen molar-refractivity contribution in [3.63, 3.8) is 0 Å². The Morgan fingerprint density at radius 2 is 1.94 bits per heavy atom. The first-order valence-electron chi connectivity index (χ1n) is 5.18. The fraction of sp³-hybridized carbons (Fsp3) is 0.333. The Labute approximate surface area is 94.3 Å². The van der Waals surface area contributed by atoms with Crippen molar-refractivity contribution in [2.75, 3.05) is 7.11 Å². The van der Waals surface area contributed by atoms with Gasteiger partial charge in [0.1, 0.15) is 5.82 Å². The SMILES string of the molecule is CC.COc1ccc2ncc(F)c(C)c2n1. The molecule has 0 N–H and O–H groups in total. The third-order valence-corrected chi connectivity index (χ3v) is 2.09. The summed E-state index contributed by atoms with van der Waals surface area (Å²) in [5.74, 6) is 0.117. The molecule has 0 aromatic carbocycles. The predicted octanol–water partition coefficient (Wildman–Crippen LogP) is 3.11. The summed E-state index contributed by atoms with van der Waals surface area (Å²) in [5, 5.41) is 0. The van der Waals surface area contributed by atoms with Gasteiger partial charge in [0.05, 0.1) is 24.3 Å². The molecule has 4 heteroatoms. The van der Waals surface area contributed by atoms with Gasteiger partial charge in [-0.15, -0.1) is 0 Å². The number of hydrogen-bond donors (Lipinski definition) is 0. The number of halogens is 1. The quantitative estimate of drug-likeness (QED) is 0.743. The Kier molecular flexibility index (Phi) is 4.17. The number of ether oxygens (including phenoxy) is 1. The van der Waals surface area contributed by atoms with Crippen LogP contribution in [0.5, 0.6) is 5.88 Å². The molecule has 0 radical (unpaired) electrons. The Balaban J connectivity index is 0.000000606. The number of hydrogen-bond acceptors (Lipinski definition) is 3. The second kappa shape index (κ2) is 5.39. The monoisotopic (exact) mass is 222 g/mol. The van der Waals surface area contributed by atoms with E-state index in [4.69, 9.17) is 4.74 Å². The summed E-state index contributed by atoms with van der Waals surface area (Å²) < 4.78 is 18.1. The molecule has 2 heterocycles. The van der Waals surface area contributed by atoms with Crippen LogP contribution in [0.1, 0.15) is 19.4 Å². The van der Waals surface area contributed by atoms with E-state index in [9.17, 15) is 4.39 Å². The molecule has 0 spiro atoms. The zero-order valence-electron chi connectivity index (χ0n) is 9.91. The molecule has 0 unspecified atom stereocenters. The van der Waals surface area contributed by atoms with Gasteiger partial charge in [-0.3, -0.25) is 4.98 Å². The third-order valence-electron chi connectivity index (χ3n) is 2.09. The fourth-order valence-corrected chi connectivity index (χ4v) is 1.26. The molecule has 0 atom stereocenters. The standard InChI is InChI=1S/C10H9FN2O.C2H6/c1-6-7(11)5-12-8-3-4-9(14-2)13-10(6)8;1-2/h3-5H,1-2H3;1-2H3. The normalized spacial score (nSPS) is 9.56. The van der Waals surface area contributed by atoms with E-state index in [1.807, 2.05) is 13.8 Å². The Hall–Kier alpha value is -1.71. The molecule has 86 valence electrons. The molecule has 2 aromatic heterocycles. The van der Waals surface area contributed by atoms with Crippen LogP contribution in [-0.4, -0.2) is 17.1 Å². The van der Waals surface area contributed by atoms with Crippen LogP contribution < -0.4 is 4.74 Å². The lowest BCUT2D eigenvalue weighted by Gasteiger charge is -2.03. The molecule has 0 aliphatic carbocycles. The average molecular weight is 222 g/mol. The van der Waals surface area contributed by atoms with Crippen molar-refractivity contribution in [2.24, 2.45) is 0 Å². The highest BCUT2D eigenvalue weighted by Crippen LogP contribution is 2.19. The van der Waals surface area contributed by atoms with E-state index in [2.05, 4.69) is 9.97 Å². The van der Waals surface area contributed by atoms with Gasteiger partial charge in [0.2, 0.25) is 5.88 Å². The highest BCUT2D eigenvalue weighted by Gasteiger charge is 2.06. The minimum Gasteiger partial charge on any atom is -0.481 e. The van der Waals surface area contributed by atoms with Crippen LogP contribution in [0.2, 0.25) is 0 Å². The number of aromatic nitrogens is 2. The van der Waals surface area contributed by atoms with Crippen LogP contribution in [0, 0.1) is 12.7 Å². The zero-order valence-corrected chi connectivity index (χ0v) is 9.91. The molecular formula is C12H15FN2O. The van der Waals surface area contributed by atoms with Gasteiger partial charge in [0.15, 0.2) is 0 Å². The van der Waals surface area contributed by atoms with Crippen LogP contribution in [-0.2, 0) is 0 Å². The van der Waals surface area contributed by atoms with Gasteiger partial charge < -0.3 is 4.74 Å².